The van der Waals surface area contributed by atoms with Gasteiger partial charge in [-0.1, -0.05) is 6.92 Å². The van der Waals surface area contributed by atoms with Crippen LogP contribution in [0.1, 0.15) is 13.3 Å². The van der Waals surface area contributed by atoms with Crippen LogP contribution in [0.25, 0.3) is 0 Å². The highest BCUT2D eigenvalue weighted by molar-refractivity contribution is 4.85. The van der Waals surface area contributed by atoms with E-state index in [-0.39, 0.29) is 0 Å². The SMILES string of the molecule is C[C@@H]1C[C@H]1N. The van der Waals surface area contributed by atoms with Crippen LogP contribution in [0.3, 0.4) is 0 Å². The largest absolute Gasteiger partial charge is 0.327 e. The van der Waals surface area contributed by atoms with Crippen LogP contribution < -0.4 is 5.73 Å². The molecule has 0 saturated heterocycles. The molecule has 0 radical (unpaired) electrons. The molecule has 0 heterocycles. The van der Waals surface area contributed by atoms with Crippen molar-refractivity contribution in [2.24, 2.45) is 11.7 Å². The maximum atomic E-state index is 5.37. The summed E-state index contributed by atoms with van der Waals surface area (Å²) < 4.78 is 0. The zero-order valence-corrected chi connectivity index (χ0v) is 3.44. The van der Waals surface area contributed by atoms with Crippen molar-refractivity contribution < 1.29 is 0 Å². The molecule has 1 saturated carbocycles. The van der Waals surface area contributed by atoms with Crippen molar-refractivity contribution in [3.05, 3.63) is 0 Å². The fourth-order valence-electron chi connectivity index (χ4n) is 0.351. The molecule has 2 atom stereocenters. The average Bonchev–Trinajstić information content (AvgIpc) is 1.79. The van der Waals surface area contributed by atoms with Crippen LogP contribution >= 0.6 is 0 Å². The Morgan fingerprint density at radius 3 is 2.00 bits per heavy atom. The molecule has 0 unspecified atom stereocenters. The normalized spacial score (nSPS) is 49.2. The summed E-state index contributed by atoms with van der Waals surface area (Å²) in [6.45, 7) is 2.17. The van der Waals surface area contributed by atoms with E-state index in [2.05, 4.69) is 6.92 Å². The summed E-state index contributed by atoms with van der Waals surface area (Å²) in [5, 5.41) is 0. The van der Waals surface area contributed by atoms with Gasteiger partial charge in [0.15, 0.2) is 0 Å². The van der Waals surface area contributed by atoms with Crippen LogP contribution in [0, 0.1) is 5.92 Å². The molecule has 0 amide bonds. The summed E-state index contributed by atoms with van der Waals surface area (Å²) in [4.78, 5) is 0. The second-order valence-corrected chi connectivity index (χ2v) is 1.88. The number of rotatable bonds is 0. The van der Waals surface area contributed by atoms with Gasteiger partial charge in [-0.05, 0) is 12.3 Å². The van der Waals surface area contributed by atoms with E-state index in [0.29, 0.717) is 6.04 Å². The lowest BCUT2D eigenvalue weighted by molar-refractivity contribution is 0.895. The van der Waals surface area contributed by atoms with E-state index in [9.17, 15) is 0 Å². The molecule has 0 aromatic carbocycles. The van der Waals surface area contributed by atoms with Crippen LogP contribution in [-0.4, -0.2) is 6.04 Å². The fourth-order valence-corrected chi connectivity index (χ4v) is 0.351. The Bertz CT molecular complexity index is 36.9. The topological polar surface area (TPSA) is 26.0 Å². The van der Waals surface area contributed by atoms with Crippen LogP contribution in [0.4, 0.5) is 0 Å². The molecule has 0 aromatic rings. The molecule has 0 spiro atoms. The van der Waals surface area contributed by atoms with Gasteiger partial charge in [-0.3, -0.25) is 0 Å². The van der Waals surface area contributed by atoms with Gasteiger partial charge in [-0.15, -0.1) is 0 Å². The van der Waals surface area contributed by atoms with E-state index in [1.807, 2.05) is 0 Å². The Morgan fingerprint density at radius 2 is 2.00 bits per heavy atom. The summed E-state index contributed by atoms with van der Waals surface area (Å²) in [5.41, 5.74) is 5.37. The smallest absolute Gasteiger partial charge is 0.00682 e. The van der Waals surface area contributed by atoms with E-state index in [4.69, 9.17) is 5.73 Å². The van der Waals surface area contributed by atoms with Crippen molar-refractivity contribution in [2.45, 2.75) is 19.4 Å². The summed E-state index contributed by atoms with van der Waals surface area (Å²) >= 11 is 0. The Morgan fingerprint density at radius 1 is 1.80 bits per heavy atom. The zero-order valence-electron chi connectivity index (χ0n) is 3.44. The third-order valence-corrected chi connectivity index (χ3v) is 1.17. The molecular formula is C4H9N. The summed E-state index contributed by atoms with van der Waals surface area (Å²) in [7, 11) is 0. The van der Waals surface area contributed by atoms with Gasteiger partial charge >= 0.3 is 0 Å². The van der Waals surface area contributed by atoms with Gasteiger partial charge in [0, 0.05) is 6.04 Å². The first kappa shape index (κ1) is 3.16. The Balaban J connectivity index is 2.20. The van der Waals surface area contributed by atoms with Gasteiger partial charge < -0.3 is 5.73 Å². The van der Waals surface area contributed by atoms with Gasteiger partial charge in [-0.25, -0.2) is 0 Å². The molecule has 1 rings (SSSR count). The molecule has 1 heteroatoms. The van der Waals surface area contributed by atoms with Gasteiger partial charge in [0.1, 0.15) is 0 Å². The third-order valence-electron chi connectivity index (χ3n) is 1.17. The number of hydrogen-bond donors (Lipinski definition) is 1. The van der Waals surface area contributed by atoms with Crippen LogP contribution in [0.5, 0.6) is 0 Å². The van der Waals surface area contributed by atoms with Crippen molar-refractivity contribution in [3.63, 3.8) is 0 Å². The van der Waals surface area contributed by atoms with E-state index in [1.54, 1.807) is 0 Å². The van der Waals surface area contributed by atoms with Gasteiger partial charge in [0.25, 0.3) is 0 Å². The van der Waals surface area contributed by atoms with Crippen LogP contribution in [0.2, 0.25) is 0 Å². The second kappa shape index (κ2) is 0.716. The molecule has 0 bridgehead atoms. The molecule has 2 N–H and O–H groups in total. The summed E-state index contributed by atoms with van der Waals surface area (Å²) in [6.07, 6.45) is 1.25. The Labute approximate surface area is 32.2 Å². The molecule has 0 aromatic heterocycles. The number of nitrogens with two attached hydrogens (primary N) is 1. The minimum Gasteiger partial charge on any atom is -0.327 e. The van der Waals surface area contributed by atoms with Gasteiger partial charge in [-0.2, -0.15) is 0 Å². The lowest BCUT2D eigenvalue weighted by Gasteiger charge is -1.69. The molecule has 1 aliphatic carbocycles. The average molecular weight is 71.1 g/mol. The summed E-state index contributed by atoms with van der Waals surface area (Å²) in [5.74, 6) is 0.829. The third kappa shape index (κ3) is 0.428. The molecule has 1 nitrogen and oxygen atoms in total. The van der Waals surface area contributed by atoms with E-state index in [1.165, 1.54) is 6.42 Å². The minimum absolute atomic E-state index is 0.551. The highest BCUT2D eigenvalue weighted by atomic mass is 14.7. The highest BCUT2D eigenvalue weighted by Crippen LogP contribution is 2.25. The lowest BCUT2D eigenvalue weighted by Crippen LogP contribution is -1.98. The lowest BCUT2D eigenvalue weighted by atomic mass is 10.5. The minimum atomic E-state index is 0.551. The zero-order chi connectivity index (χ0) is 3.86. The van der Waals surface area contributed by atoms with E-state index >= 15 is 0 Å². The molecule has 5 heavy (non-hydrogen) atoms. The Hall–Kier alpha value is -0.0400. The second-order valence-electron chi connectivity index (χ2n) is 1.88. The van der Waals surface area contributed by atoms with Gasteiger partial charge in [0.05, 0.1) is 0 Å². The first-order valence-corrected chi connectivity index (χ1v) is 2.06. The molecule has 1 fully saturated rings. The monoisotopic (exact) mass is 71.1 g/mol. The van der Waals surface area contributed by atoms with Crippen LogP contribution in [-0.2, 0) is 0 Å². The molecule has 0 aliphatic heterocycles. The van der Waals surface area contributed by atoms with Crippen molar-refractivity contribution in [3.8, 4) is 0 Å². The maximum Gasteiger partial charge on any atom is 0.00682 e. The fraction of sp³-hybridized carbons (Fsp3) is 1.00. The molecule has 30 valence electrons. The van der Waals surface area contributed by atoms with Crippen molar-refractivity contribution in [1.82, 2.24) is 0 Å². The quantitative estimate of drug-likeness (QED) is 0.438. The van der Waals surface area contributed by atoms with E-state index in [0.717, 1.165) is 5.92 Å². The predicted octanol–water partition coefficient (Wildman–Crippen LogP) is 0.354. The first-order chi connectivity index (χ1) is 2.30. The Kier molecular flexibility index (Phi) is 0.453. The number of hydrogen-bond acceptors (Lipinski definition) is 1. The van der Waals surface area contributed by atoms with Gasteiger partial charge in [0.2, 0.25) is 0 Å². The summed E-state index contributed by atoms with van der Waals surface area (Å²) in [6, 6.07) is 0.551. The van der Waals surface area contributed by atoms with E-state index < -0.39 is 0 Å². The van der Waals surface area contributed by atoms with Crippen molar-refractivity contribution in [2.75, 3.05) is 0 Å². The molecular weight excluding hydrogens is 62.1 g/mol. The first-order valence-electron chi connectivity index (χ1n) is 2.06. The highest BCUT2D eigenvalue weighted by Gasteiger charge is 2.27. The standard InChI is InChI=1S/C4H9N/c1-3-2-4(3)5/h3-4H,2,5H2,1H3/t3-,4-/m1/s1. The van der Waals surface area contributed by atoms with Crippen molar-refractivity contribution in [1.29, 1.82) is 0 Å². The molecule has 1 aliphatic rings. The maximum absolute atomic E-state index is 5.37. The van der Waals surface area contributed by atoms with Crippen molar-refractivity contribution >= 4 is 0 Å². The van der Waals surface area contributed by atoms with Crippen LogP contribution in [0.15, 0.2) is 0 Å². The predicted molar refractivity (Wildman–Crippen MR) is 21.8 cm³/mol.